The molecule has 0 fully saturated rings. The number of hydrogen-bond acceptors (Lipinski definition) is 5. The van der Waals surface area contributed by atoms with Gasteiger partial charge in [0.2, 0.25) is 0 Å². The van der Waals surface area contributed by atoms with Gasteiger partial charge >= 0.3 is 0 Å². The Morgan fingerprint density at radius 2 is 1.77 bits per heavy atom. The lowest BCUT2D eigenvalue weighted by Crippen LogP contribution is -2.17. The number of nitrogens with zero attached hydrogens (tertiary/aromatic N) is 1. The SMILES string of the molecule is COc1ccc(C(=O)N/N=C\c2cccc(OCc3ccc(Cl)cc3)c2)cc1OC. The van der Waals surface area contributed by atoms with Crippen LogP contribution in [0, 0.1) is 0 Å². The second-order valence-electron chi connectivity index (χ2n) is 6.26. The van der Waals surface area contributed by atoms with Crippen molar-refractivity contribution in [2.75, 3.05) is 14.2 Å². The summed E-state index contributed by atoms with van der Waals surface area (Å²) in [6.45, 7) is 0.424. The first kappa shape index (κ1) is 21.2. The molecule has 0 aromatic heterocycles. The molecular formula is C23H21ClN2O4. The summed E-state index contributed by atoms with van der Waals surface area (Å²) < 4.78 is 16.2. The zero-order valence-electron chi connectivity index (χ0n) is 16.6. The Hall–Kier alpha value is -3.51. The molecule has 1 N–H and O–H groups in total. The number of carbonyl (C=O) groups is 1. The predicted molar refractivity (Wildman–Crippen MR) is 117 cm³/mol. The Bertz CT molecular complexity index is 1040. The van der Waals surface area contributed by atoms with Crippen molar-refractivity contribution in [3.63, 3.8) is 0 Å². The molecule has 0 heterocycles. The summed E-state index contributed by atoms with van der Waals surface area (Å²) >= 11 is 5.89. The summed E-state index contributed by atoms with van der Waals surface area (Å²) in [6.07, 6.45) is 1.55. The zero-order valence-corrected chi connectivity index (χ0v) is 17.3. The fourth-order valence-corrected chi connectivity index (χ4v) is 2.77. The first-order chi connectivity index (χ1) is 14.6. The largest absolute Gasteiger partial charge is 0.493 e. The van der Waals surface area contributed by atoms with Crippen molar-refractivity contribution in [2.24, 2.45) is 5.10 Å². The van der Waals surface area contributed by atoms with Crippen molar-refractivity contribution in [1.82, 2.24) is 5.43 Å². The van der Waals surface area contributed by atoms with E-state index < -0.39 is 0 Å². The van der Waals surface area contributed by atoms with E-state index in [9.17, 15) is 4.79 Å². The second-order valence-corrected chi connectivity index (χ2v) is 6.69. The quantitative estimate of drug-likeness (QED) is 0.420. The summed E-state index contributed by atoms with van der Waals surface area (Å²) in [5.74, 6) is 1.36. The number of ether oxygens (including phenoxy) is 3. The highest BCUT2D eigenvalue weighted by Gasteiger charge is 2.10. The van der Waals surface area contributed by atoms with Gasteiger partial charge < -0.3 is 14.2 Å². The molecule has 30 heavy (non-hydrogen) atoms. The Labute approximate surface area is 180 Å². The minimum absolute atomic E-state index is 0.359. The molecule has 3 rings (SSSR count). The van der Waals surface area contributed by atoms with Gasteiger partial charge in [-0.1, -0.05) is 35.9 Å². The molecule has 0 saturated carbocycles. The smallest absolute Gasteiger partial charge is 0.271 e. The Morgan fingerprint density at radius 3 is 2.50 bits per heavy atom. The standard InChI is InChI=1S/C23H21ClN2O4/c1-28-21-11-8-18(13-22(21)29-2)23(27)26-25-14-17-4-3-5-20(12-17)30-15-16-6-9-19(24)10-7-16/h3-14H,15H2,1-2H3,(H,26,27)/b25-14-. The molecule has 0 saturated heterocycles. The predicted octanol–water partition coefficient (Wildman–Crippen LogP) is 4.70. The Balaban J connectivity index is 1.59. The van der Waals surface area contributed by atoms with E-state index in [2.05, 4.69) is 10.5 Å². The van der Waals surface area contributed by atoms with Crippen LogP contribution >= 0.6 is 11.6 Å². The molecule has 3 aromatic rings. The van der Waals surface area contributed by atoms with Crippen LogP contribution < -0.4 is 19.6 Å². The highest BCUT2D eigenvalue weighted by Crippen LogP contribution is 2.27. The highest BCUT2D eigenvalue weighted by atomic mass is 35.5. The Kier molecular flexibility index (Phi) is 7.29. The molecule has 0 radical (unpaired) electrons. The van der Waals surface area contributed by atoms with E-state index in [4.69, 9.17) is 25.8 Å². The van der Waals surface area contributed by atoms with Gasteiger partial charge in [0.05, 0.1) is 20.4 Å². The molecule has 7 heteroatoms. The maximum absolute atomic E-state index is 12.3. The van der Waals surface area contributed by atoms with Gasteiger partial charge in [-0.15, -0.1) is 0 Å². The minimum atomic E-state index is -0.359. The van der Waals surface area contributed by atoms with Gasteiger partial charge in [0, 0.05) is 10.6 Å². The lowest BCUT2D eigenvalue weighted by molar-refractivity contribution is 0.0954. The number of nitrogens with one attached hydrogen (secondary N) is 1. The number of hydrazone groups is 1. The molecule has 6 nitrogen and oxygen atoms in total. The molecule has 154 valence electrons. The van der Waals surface area contributed by atoms with Crippen LogP contribution in [0.25, 0.3) is 0 Å². The van der Waals surface area contributed by atoms with E-state index in [1.54, 1.807) is 24.4 Å². The summed E-state index contributed by atoms with van der Waals surface area (Å²) in [4.78, 5) is 12.3. The number of rotatable bonds is 8. The second kappa shape index (κ2) is 10.3. The number of benzene rings is 3. The number of amides is 1. The van der Waals surface area contributed by atoms with Gasteiger partial charge in [-0.25, -0.2) is 5.43 Å². The first-order valence-corrected chi connectivity index (χ1v) is 9.49. The van der Waals surface area contributed by atoms with Crippen molar-refractivity contribution in [3.05, 3.63) is 88.4 Å². The van der Waals surface area contributed by atoms with Crippen molar-refractivity contribution in [3.8, 4) is 17.2 Å². The molecule has 3 aromatic carbocycles. The molecule has 0 spiro atoms. The van der Waals surface area contributed by atoms with Crippen LogP contribution in [0.2, 0.25) is 5.02 Å². The summed E-state index contributed by atoms with van der Waals surface area (Å²) in [5.41, 5.74) is 4.71. The average Bonchev–Trinajstić information content (AvgIpc) is 2.78. The van der Waals surface area contributed by atoms with Gasteiger partial charge in [-0.3, -0.25) is 4.79 Å². The van der Waals surface area contributed by atoms with Crippen LogP contribution in [0.4, 0.5) is 0 Å². The van der Waals surface area contributed by atoms with E-state index in [0.29, 0.717) is 34.4 Å². The maximum atomic E-state index is 12.3. The molecule has 0 aliphatic rings. The maximum Gasteiger partial charge on any atom is 0.271 e. The lowest BCUT2D eigenvalue weighted by Gasteiger charge is -2.08. The number of hydrogen-bond donors (Lipinski definition) is 1. The van der Waals surface area contributed by atoms with E-state index in [1.807, 2.05) is 48.5 Å². The monoisotopic (exact) mass is 424 g/mol. The molecule has 0 aliphatic carbocycles. The highest BCUT2D eigenvalue weighted by molar-refractivity contribution is 6.30. The summed E-state index contributed by atoms with van der Waals surface area (Å²) in [7, 11) is 3.05. The summed E-state index contributed by atoms with van der Waals surface area (Å²) in [6, 6.07) is 19.8. The molecule has 0 bridgehead atoms. The first-order valence-electron chi connectivity index (χ1n) is 9.12. The zero-order chi connectivity index (χ0) is 21.3. The van der Waals surface area contributed by atoms with E-state index >= 15 is 0 Å². The minimum Gasteiger partial charge on any atom is -0.493 e. The van der Waals surface area contributed by atoms with Crippen molar-refractivity contribution >= 4 is 23.7 Å². The van der Waals surface area contributed by atoms with Gasteiger partial charge in [-0.05, 0) is 53.6 Å². The molecule has 0 aliphatic heterocycles. The summed E-state index contributed by atoms with van der Waals surface area (Å²) in [5, 5.41) is 4.71. The van der Waals surface area contributed by atoms with Crippen LogP contribution in [0.3, 0.4) is 0 Å². The third-order valence-corrected chi connectivity index (χ3v) is 4.45. The topological polar surface area (TPSA) is 69.2 Å². The van der Waals surface area contributed by atoms with Gasteiger partial charge in [-0.2, -0.15) is 5.10 Å². The lowest BCUT2D eigenvalue weighted by atomic mass is 10.2. The molecule has 0 atom stereocenters. The van der Waals surface area contributed by atoms with E-state index in [0.717, 1.165) is 11.1 Å². The van der Waals surface area contributed by atoms with Gasteiger partial charge in [0.25, 0.3) is 5.91 Å². The van der Waals surface area contributed by atoms with Crippen molar-refractivity contribution < 1.29 is 19.0 Å². The number of methoxy groups -OCH3 is 2. The fourth-order valence-electron chi connectivity index (χ4n) is 2.64. The van der Waals surface area contributed by atoms with Gasteiger partial charge in [0.1, 0.15) is 12.4 Å². The number of carbonyl (C=O) groups excluding carboxylic acids is 1. The molecular weight excluding hydrogens is 404 g/mol. The molecule has 0 unspecified atom stereocenters. The Morgan fingerprint density at radius 1 is 1.00 bits per heavy atom. The van der Waals surface area contributed by atoms with Crippen molar-refractivity contribution in [2.45, 2.75) is 6.61 Å². The fraction of sp³-hybridized carbons (Fsp3) is 0.130. The van der Waals surface area contributed by atoms with Crippen LogP contribution in [-0.2, 0) is 6.61 Å². The van der Waals surface area contributed by atoms with Crippen LogP contribution in [0.5, 0.6) is 17.2 Å². The third-order valence-electron chi connectivity index (χ3n) is 4.20. The number of halogens is 1. The van der Waals surface area contributed by atoms with Crippen LogP contribution in [-0.4, -0.2) is 26.3 Å². The van der Waals surface area contributed by atoms with Crippen LogP contribution in [0.1, 0.15) is 21.5 Å². The van der Waals surface area contributed by atoms with Crippen LogP contribution in [0.15, 0.2) is 71.8 Å². The average molecular weight is 425 g/mol. The van der Waals surface area contributed by atoms with E-state index in [-0.39, 0.29) is 5.91 Å². The molecule has 1 amide bonds. The van der Waals surface area contributed by atoms with Gasteiger partial charge in [0.15, 0.2) is 11.5 Å². The third kappa shape index (κ3) is 5.75. The van der Waals surface area contributed by atoms with Crippen molar-refractivity contribution in [1.29, 1.82) is 0 Å². The normalized spacial score (nSPS) is 10.6. The van der Waals surface area contributed by atoms with E-state index in [1.165, 1.54) is 14.2 Å².